The maximum atomic E-state index is 12.4. The van der Waals surface area contributed by atoms with Gasteiger partial charge in [-0.15, -0.1) is 13.2 Å². The van der Waals surface area contributed by atoms with Gasteiger partial charge in [-0.1, -0.05) is 19.1 Å². The van der Waals surface area contributed by atoms with Crippen molar-refractivity contribution in [2.75, 3.05) is 6.61 Å². The molecule has 138 valence electrons. The summed E-state index contributed by atoms with van der Waals surface area (Å²) in [4.78, 5) is 4.21. The molecule has 0 fully saturated rings. The first-order chi connectivity index (χ1) is 12.3. The zero-order valence-corrected chi connectivity index (χ0v) is 13.9. The lowest BCUT2D eigenvalue weighted by molar-refractivity contribution is -0.274. The predicted octanol–water partition coefficient (Wildman–Crippen LogP) is 2.85. The van der Waals surface area contributed by atoms with Crippen LogP contribution in [0, 0.1) is 0 Å². The number of nitrogens with two attached hydrogens (primary N) is 1. The van der Waals surface area contributed by atoms with Gasteiger partial charge in [0.15, 0.2) is 5.65 Å². The van der Waals surface area contributed by atoms with Crippen LogP contribution in [0.4, 0.5) is 13.2 Å². The van der Waals surface area contributed by atoms with E-state index in [9.17, 15) is 18.3 Å². The van der Waals surface area contributed by atoms with Gasteiger partial charge in [0.2, 0.25) is 0 Å². The van der Waals surface area contributed by atoms with Crippen LogP contribution in [0.2, 0.25) is 0 Å². The third kappa shape index (κ3) is 3.49. The molecular weight excluding hydrogens is 349 g/mol. The summed E-state index contributed by atoms with van der Waals surface area (Å²) in [6.45, 7) is 1.54. The molecule has 6 nitrogen and oxygen atoms in total. The molecule has 2 heterocycles. The Morgan fingerprint density at radius 1 is 1.23 bits per heavy atom. The number of hydrogen-bond donors (Lipinski definition) is 2. The number of aliphatic hydroxyl groups is 1. The monoisotopic (exact) mass is 366 g/mol. The summed E-state index contributed by atoms with van der Waals surface area (Å²) >= 11 is 0. The lowest BCUT2D eigenvalue weighted by Crippen LogP contribution is -2.41. The average Bonchev–Trinajstić information content (AvgIpc) is 3.03. The van der Waals surface area contributed by atoms with Crippen molar-refractivity contribution in [2.24, 2.45) is 5.73 Å². The highest BCUT2D eigenvalue weighted by atomic mass is 19.4. The van der Waals surface area contributed by atoms with Crippen LogP contribution in [0.3, 0.4) is 0 Å². The van der Waals surface area contributed by atoms with Crippen molar-refractivity contribution in [1.29, 1.82) is 0 Å². The largest absolute Gasteiger partial charge is 0.573 e. The SMILES string of the molecule is CCC(N)(CO)c1ccc2ncc(-c3cccc(OC(F)(F)F)c3)n2n1. The third-order valence-corrected chi connectivity index (χ3v) is 4.15. The standard InChI is InChI=1S/C17H17F3N4O2/c1-2-16(21,10-25)14-6-7-15-22-9-13(24(15)23-14)11-4-3-5-12(8-11)26-17(18,19)20/h3-9,25H,2,10,21H2,1H3. The van der Waals surface area contributed by atoms with Crippen molar-refractivity contribution in [2.45, 2.75) is 25.2 Å². The first-order valence-electron chi connectivity index (χ1n) is 7.87. The van der Waals surface area contributed by atoms with E-state index in [4.69, 9.17) is 5.73 Å². The molecule has 3 rings (SSSR count). The summed E-state index contributed by atoms with van der Waals surface area (Å²) in [6.07, 6.45) is -2.81. The number of halogens is 3. The van der Waals surface area contributed by atoms with Crippen LogP contribution in [0.1, 0.15) is 19.0 Å². The van der Waals surface area contributed by atoms with Gasteiger partial charge in [0.05, 0.1) is 29.7 Å². The van der Waals surface area contributed by atoms with Crippen LogP contribution in [0.25, 0.3) is 16.9 Å². The number of ether oxygens (including phenoxy) is 1. The van der Waals surface area contributed by atoms with Crippen molar-refractivity contribution >= 4 is 5.65 Å². The topological polar surface area (TPSA) is 85.7 Å². The van der Waals surface area contributed by atoms with Crippen LogP contribution in [-0.2, 0) is 5.54 Å². The molecule has 0 aliphatic rings. The summed E-state index contributed by atoms with van der Waals surface area (Å²) in [5, 5.41) is 14.0. The number of aromatic nitrogens is 3. The van der Waals surface area contributed by atoms with E-state index in [1.165, 1.54) is 28.9 Å². The highest BCUT2D eigenvalue weighted by Crippen LogP contribution is 2.29. The smallest absolute Gasteiger partial charge is 0.406 e. The highest BCUT2D eigenvalue weighted by Gasteiger charge is 2.31. The Bertz CT molecular complexity index is 920. The first kappa shape index (κ1) is 18.2. The minimum absolute atomic E-state index is 0.291. The van der Waals surface area contributed by atoms with Crippen LogP contribution < -0.4 is 10.5 Å². The molecule has 0 aliphatic carbocycles. The molecule has 9 heteroatoms. The molecule has 2 aromatic heterocycles. The minimum atomic E-state index is -4.77. The van der Waals surface area contributed by atoms with Gasteiger partial charge in [0, 0.05) is 5.56 Å². The molecule has 0 saturated carbocycles. The first-order valence-corrected chi connectivity index (χ1v) is 7.87. The quantitative estimate of drug-likeness (QED) is 0.725. The van der Waals surface area contributed by atoms with E-state index < -0.39 is 11.9 Å². The third-order valence-electron chi connectivity index (χ3n) is 4.15. The van der Waals surface area contributed by atoms with Gasteiger partial charge in [-0.25, -0.2) is 9.50 Å². The molecule has 0 saturated heterocycles. The lowest BCUT2D eigenvalue weighted by atomic mass is 9.94. The average molecular weight is 366 g/mol. The van der Waals surface area contributed by atoms with Crippen molar-refractivity contribution in [3.63, 3.8) is 0 Å². The van der Waals surface area contributed by atoms with E-state index in [2.05, 4.69) is 14.8 Å². The van der Waals surface area contributed by atoms with E-state index in [-0.39, 0.29) is 12.4 Å². The molecule has 3 aromatic rings. The van der Waals surface area contributed by atoms with Gasteiger partial charge in [0.1, 0.15) is 5.75 Å². The Morgan fingerprint density at radius 2 is 2.00 bits per heavy atom. The molecule has 0 spiro atoms. The number of rotatable bonds is 5. The van der Waals surface area contributed by atoms with Crippen molar-refractivity contribution in [3.8, 4) is 17.0 Å². The zero-order valence-electron chi connectivity index (χ0n) is 13.9. The number of nitrogens with zero attached hydrogens (tertiary/aromatic N) is 3. The van der Waals surface area contributed by atoms with Crippen LogP contribution in [-0.4, -0.2) is 32.7 Å². The van der Waals surface area contributed by atoms with E-state index in [1.54, 1.807) is 18.2 Å². The van der Waals surface area contributed by atoms with Crippen LogP contribution in [0.15, 0.2) is 42.6 Å². The van der Waals surface area contributed by atoms with E-state index in [0.29, 0.717) is 29.0 Å². The molecule has 0 bridgehead atoms. The Morgan fingerprint density at radius 3 is 2.65 bits per heavy atom. The van der Waals surface area contributed by atoms with E-state index in [0.717, 1.165) is 0 Å². The summed E-state index contributed by atoms with van der Waals surface area (Å²) in [6, 6.07) is 8.92. The molecule has 0 radical (unpaired) electrons. The van der Waals surface area contributed by atoms with Crippen molar-refractivity contribution in [1.82, 2.24) is 14.6 Å². The summed E-state index contributed by atoms with van der Waals surface area (Å²) in [5.41, 5.74) is 7.04. The molecule has 1 unspecified atom stereocenters. The summed E-state index contributed by atoms with van der Waals surface area (Å²) < 4.78 is 42.8. The van der Waals surface area contributed by atoms with Gasteiger partial charge in [-0.05, 0) is 30.7 Å². The zero-order chi connectivity index (χ0) is 18.9. The fourth-order valence-corrected chi connectivity index (χ4v) is 2.56. The minimum Gasteiger partial charge on any atom is -0.406 e. The lowest BCUT2D eigenvalue weighted by Gasteiger charge is -2.24. The van der Waals surface area contributed by atoms with Crippen LogP contribution >= 0.6 is 0 Å². The summed E-state index contributed by atoms with van der Waals surface area (Å²) in [7, 11) is 0. The van der Waals surface area contributed by atoms with Gasteiger partial charge in [0.25, 0.3) is 0 Å². The number of fused-ring (bicyclic) bond motifs is 1. The number of imidazole rings is 1. The number of alkyl halides is 3. The van der Waals surface area contributed by atoms with Gasteiger partial charge < -0.3 is 15.6 Å². The molecule has 1 aromatic carbocycles. The van der Waals surface area contributed by atoms with Crippen LogP contribution in [0.5, 0.6) is 5.75 Å². The van der Waals surface area contributed by atoms with Gasteiger partial charge >= 0.3 is 6.36 Å². The Balaban J connectivity index is 2.07. The number of hydrogen-bond acceptors (Lipinski definition) is 5. The second-order valence-electron chi connectivity index (χ2n) is 5.88. The Hall–Kier alpha value is -2.65. The highest BCUT2D eigenvalue weighted by molar-refractivity contribution is 5.64. The van der Waals surface area contributed by atoms with Gasteiger partial charge in [-0.3, -0.25) is 0 Å². The van der Waals surface area contributed by atoms with Gasteiger partial charge in [-0.2, -0.15) is 5.10 Å². The Labute approximate surface area is 147 Å². The maximum absolute atomic E-state index is 12.4. The molecule has 0 amide bonds. The second kappa shape index (κ2) is 6.58. The predicted molar refractivity (Wildman–Crippen MR) is 88.3 cm³/mol. The van der Waals surface area contributed by atoms with Crippen molar-refractivity contribution in [3.05, 3.63) is 48.3 Å². The number of aliphatic hydroxyl groups excluding tert-OH is 1. The molecule has 0 aliphatic heterocycles. The Kier molecular flexibility index (Phi) is 4.59. The maximum Gasteiger partial charge on any atom is 0.573 e. The second-order valence-corrected chi connectivity index (χ2v) is 5.88. The van der Waals surface area contributed by atoms with E-state index >= 15 is 0 Å². The van der Waals surface area contributed by atoms with Crippen molar-refractivity contribution < 1.29 is 23.0 Å². The number of benzene rings is 1. The molecular formula is C17H17F3N4O2. The molecule has 3 N–H and O–H groups in total. The summed E-state index contributed by atoms with van der Waals surface area (Å²) in [5.74, 6) is -0.335. The molecule has 1 atom stereocenters. The fraction of sp³-hybridized carbons (Fsp3) is 0.294. The fourth-order valence-electron chi connectivity index (χ4n) is 2.56. The van der Waals surface area contributed by atoms with E-state index in [1.807, 2.05) is 6.92 Å². The molecule has 26 heavy (non-hydrogen) atoms. The normalized spacial score (nSPS) is 14.4.